The highest BCUT2D eigenvalue weighted by Gasteiger charge is 2.54. The summed E-state index contributed by atoms with van der Waals surface area (Å²) in [6.45, 7) is 7.96. The summed E-state index contributed by atoms with van der Waals surface area (Å²) >= 11 is 14.4. The smallest absolute Gasteiger partial charge is 0.225 e. The molecular weight excluding hydrogens is 515 g/mol. The molecule has 0 bridgehead atoms. The van der Waals surface area contributed by atoms with Crippen molar-refractivity contribution in [3.05, 3.63) is 38.8 Å². The van der Waals surface area contributed by atoms with Crippen LogP contribution in [0, 0.1) is 23.2 Å². The van der Waals surface area contributed by atoms with Crippen molar-refractivity contribution in [3.8, 4) is 0 Å². The molecule has 0 spiro atoms. The summed E-state index contributed by atoms with van der Waals surface area (Å²) < 4.78 is 0. The number of hydrogen-bond acceptors (Lipinski definition) is 6. The first-order chi connectivity index (χ1) is 16.9. The average molecular weight is 554 g/mol. The quantitative estimate of drug-likeness (QED) is 0.447. The Kier molecular flexibility index (Phi) is 8.28. The molecule has 198 valence electrons. The first-order valence-electron chi connectivity index (χ1n) is 12.7. The van der Waals surface area contributed by atoms with Crippen molar-refractivity contribution in [2.24, 2.45) is 23.2 Å². The van der Waals surface area contributed by atoms with Gasteiger partial charge in [-0.3, -0.25) is 4.79 Å². The van der Waals surface area contributed by atoms with E-state index in [0.717, 1.165) is 36.6 Å². The van der Waals surface area contributed by atoms with Crippen molar-refractivity contribution < 1.29 is 9.90 Å². The number of para-hydroxylation sites is 1. The fourth-order valence-electron chi connectivity index (χ4n) is 6.32. The molecule has 36 heavy (non-hydrogen) atoms. The van der Waals surface area contributed by atoms with Crippen molar-refractivity contribution in [3.63, 3.8) is 0 Å². The van der Waals surface area contributed by atoms with E-state index >= 15 is 0 Å². The van der Waals surface area contributed by atoms with Crippen LogP contribution in [-0.2, 0) is 11.2 Å². The molecule has 0 saturated heterocycles. The fraction of sp³-hybridized carbons (Fsp3) is 0.630. The van der Waals surface area contributed by atoms with Crippen molar-refractivity contribution in [2.75, 3.05) is 39.5 Å². The molecule has 6 atom stereocenters. The summed E-state index contributed by atoms with van der Waals surface area (Å²) in [4.78, 5) is 23.3. The highest BCUT2D eigenvalue weighted by atomic mass is 35.5. The summed E-state index contributed by atoms with van der Waals surface area (Å²) in [5.74, 6) is -0.0333. The number of likely N-dealkylation sites (N-methyl/N-ethyl adjacent to an activating group) is 2. The highest BCUT2D eigenvalue weighted by molar-refractivity contribution is 7.15. The van der Waals surface area contributed by atoms with Gasteiger partial charge in [-0.15, -0.1) is 11.3 Å². The van der Waals surface area contributed by atoms with E-state index in [1.807, 2.05) is 39.0 Å². The van der Waals surface area contributed by atoms with Crippen LogP contribution >= 0.6 is 34.5 Å². The van der Waals surface area contributed by atoms with Crippen LogP contribution in [-0.4, -0.2) is 66.1 Å². The lowest BCUT2D eigenvalue weighted by molar-refractivity contribution is -0.143. The van der Waals surface area contributed by atoms with E-state index in [1.54, 1.807) is 23.5 Å². The van der Waals surface area contributed by atoms with Gasteiger partial charge in [0, 0.05) is 36.9 Å². The van der Waals surface area contributed by atoms with E-state index in [1.165, 1.54) is 4.88 Å². The highest BCUT2D eigenvalue weighted by Crippen LogP contribution is 2.57. The topological polar surface area (TPSA) is 68.7 Å². The molecular formula is C27H38Cl2N4O2S. The zero-order valence-corrected chi connectivity index (χ0v) is 24.3. The van der Waals surface area contributed by atoms with Crippen LogP contribution in [0.1, 0.15) is 50.1 Å². The minimum atomic E-state index is -0.552. The Labute approximate surface area is 229 Å². The standard InChI is InChI=1S/C27H38Cl2N4O2S/c1-15(25(35)33(6)13-12-32(4)5)17-10-11-27(3)14-20-22(16(2)21(27)24(17)34)30-26(36-20)31-23-18(28)8-7-9-19(23)29/h7-9,15-17,21,24,34H,10-14H2,1-6H3,(H,30,31)/t15-,16-,17-,21+,24-,27-/m0/s1. The number of nitrogens with zero attached hydrogens (tertiary/aromatic N) is 3. The van der Waals surface area contributed by atoms with Gasteiger partial charge in [-0.05, 0) is 62.7 Å². The van der Waals surface area contributed by atoms with Gasteiger partial charge < -0.3 is 20.2 Å². The number of fused-ring (bicyclic) bond motifs is 2. The molecule has 1 saturated carbocycles. The Balaban J connectivity index is 1.54. The number of anilines is 2. The van der Waals surface area contributed by atoms with Gasteiger partial charge in [0.15, 0.2) is 5.13 Å². The number of rotatable bonds is 7. The molecule has 4 rings (SSSR count). The van der Waals surface area contributed by atoms with Crippen LogP contribution in [0.25, 0.3) is 0 Å². The molecule has 2 aromatic rings. The van der Waals surface area contributed by atoms with Gasteiger partial charge in [-0.25, -0.2) is 4.98 Å². The first kappa shape index (κ1) is 27.6. The number of carbonyl (C=O) groups excluding carboxylic acids is 1. The molecule has 6 nitrogen and oxygen atoms in total. The predicted octanol–water partition coefficient (Wildman–Crippen LogP) is 5.90. The zero-order chi connectivity index (χ0) is 26.4. The lowest BCUT2D eigenvalue weighted by Crippen LogP contribution is -2.53. The van der Waals surface area contributed by atoms with Crippen molar-refractivity contribution in [2.45, 2.75) is 52.1 Å². The molecule has 2 aliphatic rings. The Morgan fingerprint density at radius 1 is 1.28 bits per heavy atom. The lowest BCUT2D eigenvalue weighted by Gasteiger charge is -2.53. The lowest BCUT2D eigenvalue weighted by atomic mass is 9.53. The Morgan fingerprint density at radius 2 is 1.94 bits per heavy atom. The van der Waals surface area contributed by atoms with Gasteiger partial charge in [0.25, 0.3) is 0 Å². The van der Waals surface area contributed by atoms with E-state index in [-0.39, 0.29) is 35.0 Å². The van der Waals surface area contributed by atoms with Crippen LogP contribution in [0.2, 0.25) is 10.0 Å². The maximum absolute atomic E-state index is 13.2. The summed E-state index contributed by atoms with van der Waals surface area (Å²) in [5.41, 5.74) is 1.66. The number of halogens is 2. The minimum Gasteiger partial charge on any atom is -0.392 e. The molecule has 1 fully saturated rings. The molecule has 0 unspecified atom stereocenters. The second-order valence-corrected chi connectivity index (χ2v) is 13.1. The number of aliphatic hydroxyl groups excluding tert-OH is 1. The number of aromatic nitrogens is 1. The summed E-state index contributed by atoms with van der Waals surface area (Å²) in [6.07, 6.45) is 2.16. The summed E-state index contributed by atoms with van der Waals surface area (Å²) in [6, 6.07) is 5.43. The second-order valence-electron chi connectivity index (χ2n) is 11.2. The van der Waals surface area contributed by atoms with Crippen LogP contribution in [0.15, 0.2) is 18.2 Å². The number of hydrogen-bond donors (Lipinski definition) is 2. The number of aliphatic hydroxyl groups is 1. The molecule has 9 heteroatoms. The SMILES string of the molecule is C[C@H](C(=O)N(C)CCN(C)C)[C@@H]1CC[C@@]2(C)Cc3sc(Nc4c(Cl)cccc4Cl)nc3[C@@H](C)[C@@H]2[C@H]1O. The minimum absolute atomic E-state index is 0.0340. The normalized spacial score (nSPS) is 28.4. The maximum atomic E-state index is 13.2. The molecule has 1 aromatic carbocycles. The second kappa shape index (κ2) is 10.8. The third-order valence-electron chi connectivity index (χ3n) is 8.41. The number of amides is 1. The van der Waals surface area contributed by atoms with E-state index < -0.39 is 6.10 Å². The van der Waals surface area contributed by atoms with E-state index in [9.17, 15) is 9.90 Å². The predicted molar refractivity (Wildman–Crippen MR) is 150 cm³/mol. The third-order valence-corrected chi connectivity index (χ3v) is 10.0. The van der Waals surface area contributed by atoms with Crippen LogP contribution in [0.3, 0.4) is 0 Å². The summed E-state index contributed by atoms with van der Waals surface area (Å²) in [5, 5.41) is 16.9. The number of benzene rings is 1. The van der Waals surface area contributed by atoms with Gasteiger partial charge >= 0.3 is 0 Å². The molecule has 0 radical (unpaired) electrons. The zero-order valence-electron chi connectivity index (χ0n) is 22.0. The van der Waals surface area contributed by atoms with Gasteiger partial charge in [0.05, 0.1) is 27.5 Å². The Bertz CT molecular complexity index is 1090. The number of carbonyl (C=O) groups is 1. The molecule has 1 heterocycles. The van der Waals surface area contributed by atoms with Gasteiger partial charge in [0.2, 0.25) is 5.91 Å². The largest absolute Gasteiger partial charge is 0.392 e. The molecule has 1 amide bonds. The molecule has 2 N–H and O–H groups in total. The summed E-state index contributed by atoms with van der Waals surface area (Å²) in [7, 11) is 5.88. The monoisotopic (exact) mass is 552 g/mol. The fourth-order valence-corrected chi connectivity index (χ4v) is 8.08. The van der Waals surface area contributed by atoms with Gasteiger partial charge in [0.1, 0.15) is 0 Å². The Morgan fingerprint density at radius 3 is 2.58 bits per heavy atom. The van der Waals surface area contributed by atoms with Crippen LogP contribution in [0.4, 0.5) is 10.8 Å². The van der Waals surface area contributed by atoms with Crippen LogP contribution < -0.4 is 5.32 Å². The first-order valence-corrected chi connectivity index (χ1v) is 14.3. The van der Waals surface area contributed by atoms with Gasteiger partial charge in [-0.1, -0.05) is 50.0 Å². The average Bonchev–Trinajstić information content (AvgIpc) is 3.21. The van der Waals surface area contributed by atoms with Crippen molar-refractivity contribution in [1.82, 2.24) is 14.8 Å². The maximum Gasteiger partial charge on any atom is 0.225 e. The van der Waals surface area contributed by atoms with E-state index in [2.05, 4.69) is 24.1 Å². The number of thiazole rings is 1. The van der Waals surface area contributed by atoms with Gasteiger partial charge in [-0.2, -0.15) is 0 Å². The third kappa shape index (κ3) is 5.28. The molecule has 2 aliphatic carbocycles. The van der Waals surface area contributed by atoms with Crippen LogP contribution in [0.5, 0.6) is 0 Å². The Hall–Kier alpha value is -1.38. The molecule has 0 aliphatic heterocycles. The van der Waals surface area contributed by atoms with E-state index in [4.69, 9.17) is 28.2 Å². The number of nitrogens with one attached hydrogen (secondary N) is 1. The van der Waals surface area contributed by atoms with Crippen molar-refractivity contribution in [1.29, 1.82) is 0 Å². The van der Waals surface area contributed by atoms with E-state index in [0.29, 0.717) is 22.3 Å². The molecule has 1 aromatic heterocycles. The van der Waals surface area contributed by atoms with Crippen molar-refractivity contribution >= 4 is 51.3 Å².